The number of aromatic nitrogens is 3. The number of ether oxygens (including phenoxy) is 1. The predicted molar refractivity (Wildman–Crippen MR) is 138 cm³/mol. The van der Waals surface area contributed by atoms with Gasteiger partial charge in [0.05, 0.1) is 46.4 Å². The fourth-order valence-corrected chi connectivity index (χ4v) is 6.49. The van der Waals surface area contributed by atoms with Gasteiger partial charge in [-0.25, -0.2) is 15.0 Å². The minimum Gasteiger partial charge on any atom is -0.378 e. The molecule has 2 aliphatic heterocycles. The van der Waals surface area contributed by atoms with E-state index in [1.165, 1.54) is 24.2 Å². The van der Waals surface area contributed by atoms with E-state index >= 15 is 0 Å². The summed E-state index contributed by atoms with van der Waals surface area (Å²) in [6, 6.07) is 4.07. The Bertz CT molecular complexity index is 1180. The summed E-state index contributed by atoms with van der Waals surface area (Å²) in [5.41, 5.74) is 3.15. The number of pyridine rings is 1. The van der Waals surface area contributed by atoms with E-state index in [0.29, 0.717) is 44.0 Å². The number of piperazine rings is 1. The Morgan fingerprint density at radius 1 is 1.06 bits per heavy atom. The lowest BCUT2D eigenvalue weighted by atomic mass is 9.96. The minimum atomic E-state index is 0.109. The van der Waals surface area contributed by atoms with Gasteiger partial charge in [-0.3, -0.25) is 4.79 Å². The maximum Gasteiger partial charge on any atom is 0.264 e. The van der Waals surface area contributed by atoms with Gasteiger partial charge in [-0.05, 0) is 30.9 Å². The van der Waals surface area contributed by atoms with Gasteiger partial charge in [-0.15, -0.1) is 11.3 Å². The lowest BCUT2D eigenvalue weighted by molar-refractivity contribution is 0.0305. The summed E-state index contributed by atoms with van der Waals surface area (Å²) < 4.78 is 6.42. The fourth-order valence-electron chi connectivity index (χ4n) is 5.32. The van der Waals surface area contributed by atoms with Gasteiger partial charge in [0, 0.05) is 44.8 Å². The van der Waals surface area contributed by atoms with E-state index in [1.807, 2.05) is 23.4 Å². The zero-order chi connectivity index (χ0) is 23.6. The maximum atomic E-state index is 13.5. The third-order valence-electron chi connectivity index (χ3n) is 7.19. The van der Waals surface area contributed by atoms with Crippen LogP contribution >= 0.6 is 11.3 Å². The largest absolute Gasteiger partial charge is 0.378 e. The van der Waals surface area contributed by atoms with Crippen LogP contribution in [0.3, 0.4) is 0 Å². The number of carbonyl (C=O) groups excluding carboxylic acids is 1. The lowest BCUT2D eigenvalue weighted by Gasteiger charge is -2.29. The number of anilines is 3. The first kappa shape index (κ1) is 22.6. The Hall–Kier alpha value is -2.82. The zero-order valence-electron chi connectivity index (χ0n) is 19.8. The summed E-state index contributed by atoms with van der Waals surface area (Å²) in [6.45, 7) is 6.45. The molecule has 35 heavy (non-hydrogen) atoms. The van der Waals surface area contributed by atoms with Crippen LogP contribution in [-0.4, -0.2) is 78.2 Å². The van der Waals surface area contributed by atoms with Gasteiger partial charge in [0.1, 0.15) is 5.82 Å². The van der Waals surface area contributed by atoms with Crippen molar-refractivity contribution < 1.29 is 9.53 Å². The molecule has 0 spiro atoms. The van der Waals surface area contributed by atoms with Crippen LogP contribution in [0.4, 0.5) is 17.5 Å². The summed E-state index contributed by atoms with van der Waals surface area (Å²) in [5, 5.41) is 6.65. The van der Waals surface area contributed by atoms with Crippen molar-refractivity contribution in [2.45, 2.75) is 31.6 Å². The van der Waals surface area contributed by atoms with E-state index in [4.69, 9.17) is 9.72 Å². The predicted octanol–water partition coefficient (Wildman–Crippen LogP) is 3.37. The Morgan fingerprint density at radius 3 is 2.60 bits per heavy atom. The highest BCUT2D eigenvalue weighted by Gasteiger charge is 2.31. The maximum absolute atomic E-state index is 13.5. The Morgan fingerprint density at radius 2 is 1.86 bits per heavy atom. The highest BCUT2D eigenvalue weighted by molar-refractivity contribution is 7.21. The molecule has 2 saturated heterocycles. The summed E-state index contributed by atoms with van der Waals surface area (Å²) in [4.78, 5) is 32.6. The molecule has 5 heterocycles. The third kappa shape index (κ3) is 4.70. The molecule has 3 aromatic rings. The van der Waals surface area contributed by atoms with E-state index in [-0.39, 0.29) is 5.91 Å². The number of hydrogen-bond acceptors (Lipinski definition) is 9. The van der Waals surface area contributed by atoms with Crippen LogP contribution < -0.4 is 15.5 Å². The van der Waals surface area contributed by atoms with Crippen LogP contribution in [0.25, 0.3) is 10.2 Å². The Labute approximate surface area is 208 Å². The number of hydrogen-bond donors (Lipinski definition) is 2. The number of amides is 1. The van der Waals surface area contributed by atoms with Gasteiger partial charge >= 0.3 is 0 Å². The second-order valence-corrected chi connectivity index (χ2v) is 10.5. The van der Waals surface area contributed by atoms with Crippen LogP contribution in [-0.2, 0) is 4.74 Å². The van der Waals surface area contributed by atoms with Crippen molar-refractivity contribution in [2.24, 2.45) is 0 Å². The number of nitrogens with one attached hydrogen (secondary N) is 2. The molecule has 1 amide bonds. The molecular weight excluding hydrogens is 462 g/mol. The van der Waals surface area contributed by atoms with Crippen molar-refractivity contribution in [3.05, 3.63) is 35.0 Å². The first-order valence-corrected chi connectivity index (χ1v) is 13.4. The molecule has 0 atom stereocenters. The highest BCUT2D eigenvalue weighted by Crippen LogP contribution is 2.43. The minimum absolute atomic E-state index is 0.109. The van der Waals surface area contributed by atoms with E-state index in [0.717, 1.165) is 65.4 Å². The van der Waals surface area contributed by atoms with Crippen molar-refractivity contribution in [1.82, 2.24) is 25.2 Å². The molecule has 1 aliphatic carbocycles. The van der Waals surface area contributed by atoms with Crippen LogP contribution in [0.1, 0.15) is 46.8 Å². The van der Waals surface area contributed by atoms with Gasteiger partial charge in [-0.2, -0.15) is 0 Å². The Kier molecular flexibility index (Phi) is 6.49. The average molecular weight is 494 g/mol. The van der Waals surface area contributed by atoms with Gasteiger partial charge in [0.2, 0.25) is 5.95 Å². The van der Waals surface area contributed by atoms with Gasteiger partial charge in [-0.1, -0.05) is 12.8 Å². The number of fused-ring (bicyclic) bond motifs is 1. The third-order valence-corrected chi connectivity index (χ3v) is 8.31. The van der Waals surface area contributed by atoms with Gasteiger partial charge in [0.15, 0.2) is 0 Å². The van der Waals surface area contributed by atoms with Crippen LogP contribution in [0.15, 0.2) is 24.5 Å². The number of nitrogens with zero attached hydrogens (tertiary/aromatic N) is 5. The molecule has 0 unspecified atom stereocenters. The molecule has 1 saturated carbocycles. The molecule has 0 aromatic carbocycles. The number of morpholine rings is 1. The molecule has 0 bridgehead atoms. The first-order valence-electron chi connectivity index (χ1n) is 12.6. The van der Waals surface area contributed by atoms with Crippen LogP contribution in [0, 0.1) is 0 Å². The standard InChI is InChI=1S/C25H31N7O2S/c33-24(32-11-13-34-14-12-32)23-21(17-3-1-2-4-17)22-19(35-23)16-28-25(30-22)29-20-6-5-18(15-27-20)31-9-7-26-8-10-31/h5-6,15-17,26H,1-4,7-14H2,(H,27,28,29,30). The monoisotopic (exact) mass is 493 g/mol. The zero-order valence-corrected chi connectivity index (χ0v) is 20.6. The smallest absolute Gasteiger partial charge is 0.264 e. The summed E-state index contributed by atoms with van der Waals surface area (Å²) in [7, 11) is 0. The highest BCUT2D eigenvalue weighted by atomic mass is 32.1. The lowest BCUT2D eigenvalue weighted by Crippen LogP contribution is -2.43. The van der Waals surface area contributed by atoms with E-state index in [9.17, 15) is 4.79 Å². The molecule has 3 aromatic heterocycles. The fraction of sp³-hybridized carbons (Fsp3) is 0.520. The van der Waals surface area contributed by atoms with E-state index in [1.54, 1.807) is 0 Å². The first-order chi connectivity index (χ1) is 17.3. The quantitative estimate of drug-likeness (QED) is 0.559. The molecule has 9 nitrogen and oxygen atoms in total. The van der Waals surface area contributed by atoms with Crippen molar-refractivity contribution in [1.29, 1.82) is 0 Å². The van der Waals surface area contributed by atoms with E-state index in [2.05, 4.69) is 31.6 Å². The molecule has 184 valence electrons. The number of rotatable bonds is 5. The SMILES string of the molecule is O=C(c1sc2cnc(Nc3ccc(N4CCNCC4)cn3)nc2c1C1CCCC1)N1CCOCC1. The van der Waals surface area contributed by atoms with Gasteiger partial charge in [0.25, 0.3) is 5.91 Å². The second kappa shape index (κ2) is 10.0. The molecule has 2 N–H and O–H groups in total. The summed E-state index contributed by atoms with van der Waals surface area (Å²) in [5.74, 6) is 1.72. The molecule has 3 fully saturated rings. The summed E-state index contributed by atoms with van der Waals surface area (Å²) in [6.07, 6.45) is 8.37. The normalized spacial score (nSPS) is 19.4. The molecule has 10 heteroatoms. The molecular formula is C25H31N7O2S. The number of carbonyl (C=O) groups is 1. The molecule has 0 radical (unpaired) electrons. The van der Waals surface area contributed by atoms with Crippen molar-refractivity contribution in [3.8, 4) is 0 Å². The number of thiophene rings is 1. The van der Waals surface area contributed by atoms with Crippen molar-refractivity contribution in [2.75, 3.05) is 62.7 Å². The van der Waals surface area contributed by atoms with Crippen LogP contribution in [0.5, 0.6) is 0 Å². The molecule has 6 rings (SSSR count). The van der Waals surface area contributed by atoms with Crippen molar-refractivity contribution >= 4 is 44.9 Å². The summed E-state index contributed by atoms with van der Waals surface area (Å²) >= 11 is 1.53. The topological polar surface area (TPSA) is 95.5 Å². The molecule has 3 aliphatic rings. The van der Waals surface area contributed by atoms with E-state index < -0.39 is 0 Å². The van der Waals surface area contributed by atoms with Crippen LogP contribution in [0.2, 0.25) is 0 Å². The van der Waals surface area contributed by atoms with Crippen molar-refractivity contribution in [3.63, 3.8) is 0 Å². The van der Waals surface area contributed by atoms with Gasteiger partial charge < -0.3 is 25.2 Å². The Balaban J connectivity index is 1.28. The second-order valence-electron chi connectivity index (χ2n) is 9.40. The average Bonchev–Trinajstić information content (AvgIpc) is 3.57.